The summed E-state index contributed by atoms with van der Waals surface area (Å²) in [5.74, 6) is 0.856. The predicted molar refractivity (Wildman–Crippen MR) is 70.1 cm³/mol. The lowest BCUT2D eigenvalue weighted by Gasteiger charge is -2.12. The lowest BCUT2D eigenvalue weighted by Crippen LogP contribution is -2.16. The first-order valence-corrected chi connectivity index (χ1v) is 6.79. The first-order chi connectivity index (χ1) is 8.29. The molecular weight excluding hydrogens is 285 g/mol. The molecule has 2 nitrogen and oxygen atoms in total. The number of rotatable bonds is 7. The number of hydrogen-bond donors (Lipinski definition) is 1. The summed E-state index contributed by atoms with van der Waals surface area (Å²) in [5, 5.41) is 3.46. The molecule has 0 aliphatic heterocycles. The normalized spacial score (nSPS) is 14.9. The molecular formula is C13H17BrFNO. The van der Waals surface area contributed by atoms with E-state index in [9.17, 15) is 4.39 Å². The number of alkyl halides is 1. The van der Waals surface area contributed by atoms with Gasteiger partial charge >= 0.3 is 0 Å². The van der Waals surface area contributed by atoms with Crippen LogP contribution in [0.2, 0.25) is 0 Å². The van der Waals surface area contributed by atoms with E-state index in [1.807, 2.05) is 12.1 Å². The summed E-state index contributed by atoms with van der Waals surface area (Å²) >= 11 is 3.46. The molecule has 0 bridgehead atoms. The van der Waals surface area contributed by atoms with Crippen LogP contribution in [0.3, 0.4) is 0 Å². The topological polar surface area (TPSA) is 21.3 Å². The molecule has 1 aromatic rings. The quantitative estimate of drug-likeness (QED) is 0.779. The van der Waals surface area contributed by atoms with Gasteiger partial charge in [-0.05, 0) is 31.0 Å². The number of halogens is 2. The fraction of sp³-hybridized carbons (Fsp3) is 0.538. The molecule has 0 amide bonds. The Bertz CT molecular complexity index is 368. The van der Waals surface area contributed by atoms with Crippen molar-refractivity contribution in [2.45, 2.75) is 31.8 Å². The Morgan fingerprint density at radius 1 is 1.41 bits per heavy atom. The van der Waals surface area contributed by atoms with Crippen molar-refractivity contribution in [1.82, 2.24) is 5.32 Å². The molecule has 0 radical (unpaired) electrons. The van der Waals surface area contributed by atoms with Gasteiger partial charge in [0.25, 0.3) is 0 Å². The van der Waals surface area contributed by atoms with Crippen molar-refractivity contribution in [3.05, 3.63) is 28.2 Å². The minimum Gasteiger partial charge on any atom is -0.493 e. The van der Waals surface area contributed by atoms with Crippen LogP contribution in [0.25, 0.3) is 0 Å². The average molecular weight is 302 g/mol. The molecule has 94 valence electrons. The zero-order valence-corrected chi connectivity index (χ0v) is 11.3. The van der Waals surface area contributed by atoms with Crippen LogP contribution in [0.5, 0.6) is 5.75 Å². The highest BCUT2D eigenvalue weighted by atomic mass is 79.9. The van der Waals surface area contributed by atoms with Crippen LogP contribution >= 0.6 is 15.9 Å². The Labute approximate surface area is 110 Å². The summed E-state index contributed by atoms with van der Waals surface area (Å²) in [6.45, 7) is 0.926. The summed E-state index contributed by atoms with van der Waals surface area (Å²) < 4.78 is 18.7. The Kier molecular flexibility index (Phi) is 4.80. The van der Waals surface area contributed by atoms with Gasteiger partial charge in [0.1, 0.15) is 5.75 Å². The van der Waals surface area contributed by atoms with E-state index in [1.165, 1.54) is 12.8 Å². The number of nitrogens with one attached hydrogen (secondary N) is 1. The Hall–Kier alpha value is -0.610. The summed E-state index contributed by atoms with van der Waals surface area (Å²) in [5.41, 5.74) is 1.13. The summed E-state index contributed by atoms with van der Waals surface area (Å²) in [6, 6.07) is 6.62. The highest BCUT2D eigenvalue weighted by Crippen LogP contribution is 2.25. The molecule has 0 saturated heterocycles. The Morgan fingerprint density at radius 2 is 2.24 bits per heavy atom. The molecule has 2 rings (SSSR count). The first-order valence-electron chi connectivity index (χ1n) is 6.00. The molecule has 1 aromatic carbocycles. The standard InChI is InChI=1S/C13H17BrFNO/c14-11-2-5-13(17-7-1-6-15)10(8-11)9-16-12-3-4-12/h2,5,8,12,16H,1,3-4,6-7,9H2. The summed E-state index contributed by atoms with van der Waals surface area (Å²) in [4.78, 5) is 0. The highest BCUT2D eigenvalue weighted by Gasteiger charge is 2.20. The molecule has 1 saturated carbocycles. The fourth-order valence-corrected chi connectivity index (χ4v) is 2.01. The van der Waals surface area contributed by atoms with E-state index >= 15 is 0 Å². The summed E-state index contributed by atoms with van der Waals surface area (Å²) in [6.07, 6.45) is 2.99. The molecule has 0 aromatic heterocycles. The smallest absolute Gasteiger partial charge is 0.123 e. The van der Waals surface area contributed by atoms with Crippen molar-refractivity contribution in [2.75, 3.05) is 13.3 Å². The second-order valence-electron chi connectivity index (χ2n) is 4.30. The van der Waals surface area contributed by atoms with Crippen LogP contribution in [-0.2, 0) is 6.54 Å². The SMILES string of the molecule is FCCCOc1ccc(Br)cc1CNC1CC1. The van der Waals surface area contributed by atoms with Gasteiger partial charge in [-0.2, -0.15) is 0 Å². The van der Waals surface area contributed by atoms with Crippen molar-refractivity contribution in [3.8, 4) is 5.75 Å². The van der Waals surface area contributed by atoms with E-state index in [0.29, 0.717) is 19.1 Å². The van der Waals surface area contributed by atoms with Gasteiger partial charge in [0.15, 0.2) is 0 Å². The number of ether oxygens (including phenoxy) is 1. The van der Waals surface area contributed by atoms with Gasteiger partial charge < -0.3 is 10.1 Å². The zero-order valence-electron chi connectivity index (χ0n) is 9.72. The molecule has 4 heteroatoms. The number of benzene rings is 1. The monoisotopic (exact) mass is 301 g/mol. The van der Waals surface area contributed by atoms with Gasteiger partial charge in [-0.1, -0.05) is 15.9 Å². The van der Waals surface area contributed by atoms with Crippen LogP contribution in [0.1, 0.15) is 24.8 Å². The van der Waals surface area contributed by atoms with Crippen LogP contribution < -0.4 is 10.1 Å². The van der Waals surface area contributed by atoms with Gasteiger partial charge in [-0.15, -0.1) is 0 Å². The molecule has 0 unspecified atom stereocenters. The minimum atomic E-state index is -0.327. The van der Waals surface area contributed by atoms with Gasteiger partial charge in [-0.3, -0.25) is 4.39 Å². The molecule has 0 spiro atoms. The van der Waals surface area contributed by atoms with Crippen molar-refractivity contribution >= 4 is 15.9 Å². The maximum atomic E-state index is 12.0. The van der Waals surface area contributed by atoms with E-state index in [0.717, 1.165) is 22.3 Å². The van der Waals surface area contributed by atoms with Crippen LogP contribution in [0.15, 0.2) is 22.7 Å². The largest absolute Gasteiger partial charge is 0.493 e. The van der Waals surface area contributed by atoms with E-state index in [2.05, 4.69) is 27.3 Å². The molecule has 0 heterocycles. The van der Waals surface area contributed by atoms with Crippen molar-refractivity contribution in [3.63, 3.8) is 0 Å². The molecule has 0 atom stereocenters. The third-order valence-electron chi connectivity index (χ3n) is 2.72. The predicted octanol–water partition coefficient (Wildman–Crippen LogP) is 3.44. The lowest BCUT2D eigenvalue weighted by atomic mass is 10.2. The second-order valence-corrected chi connectivity index (χ2v) is 5.21. The second kappa shape index (κ2) is 6.36. The van der Waals surface area contributed by atoms with Gasteiger partial charge in [-0.25, -0.2) is 0 Å². The van der Waals surface area contributed by atoms with Crippen molar-refractivity contribution in [2.24, 2.45) is 0 Å². The molecule has 1 fully saturated rings. The van der Waals surface area contributed by atoms with Gasteiger partial charge in [0, 0.05) is 29.0 Å². The maximum absolute atomic E-state index is 12.0. The van der Waals surface area contributed by atoms with Gasteiger partial charge in [0.05, 0.1) is 13.3 Å². The van der Waals surface area contributed by atoms with E-state index in [-0.39, 0.29) is 6.67 Å². The molecule has 1 aliphatic carbocycles. The van der Waals surface area contributed by atoms with E-state index in [4.69, 9.17) is 4.74 Å². The average Bonchev–Trinajstić information content (AvgIpc) is 3.13. The lowest BCUT2D eigenvalue weighted by molar-refractivity contribution is 0.286. The third-order valence-corrected chi connectivity index (χ3v) is 3.21. The van der Waals surface area contributed by atoms with Crippen molar-refractivity contribution < 1.29 is 9.13 Å². The molecule has 1 N–H and O–H groups in total. The highest BCUT2D eigenvalue weighted by molar-refractivity contribution is 9.10. The van der Waals surface area contributed by atoms with E-state index < -0.39 is 0 Å². The Balaban J connectivity index is 1.95. The fourth-order valence-electron chi connectivity index (χ4n) is 1.61. The van der Waals surface area contributed by atoms with Crippen LogP contribution in [0.4, 0.5) is 4.39 Å². The zero-order chi connectivity index (χ0) is 12.1. The third kappa shape index (κ3) is 4.28. The van der Waals surface area contributed by atoms with Crippen molar-refractivity contribution in [1.29, 1.82) is 0 Å². The first kappa shape index (κ1) is 12.8. The molecule has 17 heavy (non-hydrogen) atoms. The summed E-state index contributed by atoms with van der Waals surface area (Å²) in [7, 11) is 0. The van der Waals surface area contributed by atoms with Crippen LogP contribution in [-0.4, -0.2) is 19.3 Å². The minimum absolute atomic E-state index is 0.327. The maximum Gasteiger partial charge on any atom is 0.123 e. The van der Waals surface area contributed by atoms with Crippen LogP contribution in [0, 0.1) is 0 Å². The Morgan fingerprint density at radius 3 is 2.94 bits per heavy atom. The molecule has 1 aliphatic rings. The van der Waals surface area contributed by atoms with E-state index in [1.54, 1.807) is 0 Å². The van der Waals surface area contributed by atoms with Gasteiger partial charge in [0.2, 0.25) is 0 Å². The number of hydrogen-bond acceptors (Lipinski definition) is 2.